The Labute approximate surface area is 109 Å². The van der Waals surface area contributed by atoms with E-state index in [4.69, 9.17) is 4.42 Å². The molecule has 7 nitrogen and oxygen atoms in total. The molecule has 0 aliphatic heterocycles. The smallest absolute Gasteiger partial charge is 0.286 e. The Morgan fingerprint density at radius 2 is 2.21 bits per heavy atom. The molecule has 0 bridgehead atoms. The quantitative estimate of drug-likeness (QED) is 0.631. The zero-order valence-electron chi connectivity index (χ0n) is 10.5. The second-order valence-corrected chi connectivity index (χ2v) is 4.37. The fraction of sp³-hybridized carbons (Fsp3) is 0.250. The third-order valence-corrected chi connectivity index (χ3v) is 2.52. The number of Topliss-reactive ketones (excluding diaryl/α,β-unsaturated/α-hetero) is 1. The van der Waals surface area contributed by atoms with Crippen LogP contribution >= 0.6 is 0 Å². The van der Waals surface area contributed by atoms with Crippen molar-refractivity contribution in [2.24, 2.45) is 0 Å². The van der Waals surface area contributed by atoms with E-state index < -0.39 is 11.3 Å². The molecule has 98 valence electrons. The van der Waals surface area contributed by atoms with Gasteiger partial charge in [0.15, 0.2) is 0 Å². The van der Waals surface area contributed by atoms with Gasteiger partial charge in [-0.15, -0.1) is 10.2 Å². The Morgan fingerprint density at radius 3 is 2.84 bits per heavy atom. The Kier molecular flexibility index (Phi) is 3.37. The summed E-state index contributed by atoms with van der Waals surface area (Å²) in [6, 6.07) is 3.46. The first kappa shape index (κ1) is 12.9. The number of pyridine rings is 1. The van der Waals surface area contributed by atoms with Gasteiger partial charge in [0.1, 0.15) is 5.54 Å². The van der Waals surface area contributed by atoms with Crippen molar-refractivity contribution in [1.29, 1.82) is 0 Å². The van der Waals surface area contributed by atoms with Crippen molar-refractivity contribution in [2.75, 3.05) is 0 Å². The summed E-state index contributed by atoms with van der Waals surface area (Å²) in [7, 11) is 0. The van der Waals surface area contributed by atoms with E-state index in [1.807, 2.05) is 0 Å². The van der Waals surface area contributed by atoms with Crippen LogP contribution in [0.4, 0.5) is 0 Å². The summed E-state index contributed by atoms with van der Waals surface area (Å²) >= 11 is 0. The molecule has 1 N–H and O–H groups in total. The van der Waals surface area contributed by atoms with Gasteiger partial charge < -0.3 is 9.73 Å². The first-order chi connectivity index (χ1) is 9.04. The predicted molar refractivity (Wildman–Crippen MR) is 65.1 cm³/mol. The number of carbonyl (C=O) groups excluding carboxylic acids is 2. The molecule has 2 aromatic heterocycles. The van der Waals surface area contributed by atoms with Crippen molar-refractivity contribution in [1.82, 2.24) is 20.5 Å². The molecule has 0 aliphatic carbocycles. The third-order valence-electron chi connectivity index (χ3n) is 2.52. The lowest BCUT2D eigenvalue weighted by Crippen LogP contribution is -2.46. The number of ketones is 1. The van der Waals surface area contributed by atoms with E-state index in [1.165, 1.54) is 0 Å². The van der Waals surface area contributed by atoms with Crippen molar-refractivity contribution in [3.63, 3.8) is 0 Å². The average Bonchev–Trinajstić information content (AvgIpc) is 2.88. The predicted octanol–water partition coefficient (Wildman–Crippen LogP) is 0.839. The van der Waals surface area contributed by atoms with Gasteiger partial charge in [0.2, 0.25) is 18.1 Å². The van der Waals surface area contributed by atoms with Crippen molar-refractivity contribution >= 4 is 12.2 Å². The maximum Gasteiger partial charge on any atom is 0.286 e. The molecule has 1 amide bonds. The zero-order chi connectivity index (χ0) is 13.9. The summed E-state index contributed by atoms with van der Waals surface area (Å²) in [6.07, 6.45) is 3.62. The van der Waals surface area contributed by atoms with Gasteiger partial charge in [-0.3, -0.25) is 14.6 Å². The highest BCUT2D eigenvalue weighted by Crippen LogP contribution is 2.18. The molecule has 7 heteroatoms. The summed E-state index contributed by atoms with van der Waals surface area (Å²) in [6.45, 7) is 3.11. The van der Waals surface area contributed by atoms with Gasteiger partial charge in [-0.2, -0.15) is 0 Å². The van der Waals surface area contributed by atoms with Crippen molar-refractivity contribution in [2.45, 2.75) is 19.4 Å². The monoisotopic (exact) mass is 260 g/mol. The number of hydrogen-bond acceptors (Lipinski definition) is 6. The number of rotatable bonds is 5. The van der Waals surface area contributed by atoms with Gasteiger partial charge in [0, 0.05) is 12.4 Å². The molecule has 0 aliphatic rings. The molecule has 0 aromatic carbocycles. The van der Waals surface area contributed by atoms with Gasteiger partial charge in [0.05, 0.1) is 5.56 Å². The van der Waals surface area contributed by atoms with Crippen molar-refractivity contribution < 1.29 is 14.0 Å². The molecule has 0 atom stereocenters. The van der Waals surface area contributed by atoms with Crippen LogP contribution in [0.5, 0.6) is 0 Å². The maximum atomic E-state index is 12.1. The topological polar surface area (TPSA) is 98.0 Å². The SMILES string of the molecule is CC(C)(NC=O)C(=O)c1nnc(-c2cccnc2)o1. The highest BCUT2D eigenvalue weighted by molar-refractivity contribution is 6.00. The fourth-order valence-corrected chi connectivity index (χ4v) is 1.40. The minimum atomic E-state index is -1.10. The Morgan fingerprint density at radius 1 is 1.42 bits per heavy atom. The van der Waals surface area contributed by atoms with Crippen LogP contribution in [0, 0.1) is 0 Å². The normalized spacial score (nSPS) is 11.1. The van der Waals surface area contributed by atoms with Crippen LogP contribution in [0.25, 0.3) is 11.5 Å². The van der Waals surface area contributed by atoms with Gasteiger partial charge in [0.25, 0.3) is 5.89 Å². The number of aromatic nitrogens is 3. The number of nitrogens with one attached hydrogen (secondary N) is 1. The summed E-state index contributed by atoms with van der Waals surface area (Å²) in [5.41, 5.74) is -0.476. The molecule has 0 saturated heterocycles. The van der Waals surface area contributed by atoms with E-state index in [2.05, 4.69) is 20.5 Å². The van der Waals surface area contributed by atoms with E-state index in [1.54, 1.807) is 38.4 Å². The molecule has 0 radical (unpaired) electrons. The molecule has 0 saturated carbocycles. The number of hydrogen-bond donors (Lipinski definition) is 1. The van der Waals surface area contributed by atoms with Crippen molar-refractivity contribution in [3.8, 4) is 11.5 Å². The largest absolute Gasteiger partial charge is 0.413 e. The summed E-state index contributed by atoms with van der Waals surface area (Å²) in [5.74, 6) is -0.404. The second kappa shape index (κ2) is 4.97. The van der Waals surface area contributed by atoms with Gasteiger partial charge in [-0.1, -0.05) is 0 Å². The van der Waals surface area contributed by atoms with Crippen LogP contribution in [0.3, 0.4) is 0 Å². The minimum absolute atomic E-state index is 0.154. The van der Waals surface area contributed by atoms with Crippen molar-refractivity contribution in [3.05, 3.63) is 30.4 Å². The molecule has 2 rings (SSSR count). The van der Waals surface area contributed by atoms with Crippen LogP contribution in [-0.2, 0) is 4.79 Å². The van der Waals surface area contributed by atoms with Crippen LogP contribution < -0.4 is 5.32 Å². The number of carbonyl (C=O) groups is 2. The van der Waals surface area contributed by atoms with Crippen LogP contribution in [0.2, 0.25) is 0 Å². The highest BCUT2D eigenvalue weighted by atomic mass is 16.4. The first-order valence-electron chi connectivity index (χ1n) is 5.54. The molecule has 2 aromatic rings. The lowest BCUT2D eigenvalue weighted by Gasteiger charge is -2.19. The van der Waals surface area contributed by atoms with Gasteiger partial charge >= 0.3 is 0 Å². The fourth-order valence-electron chi connectivity index (χ4n) is 1.40. The molecule has 2 heterocycles. The van der Waals surface area contributed by atoms with Gasteiger partial charge in [-0.05, 0) is 26.0 Å². The molecular formula is C12H12N4O3. The Bertz CT molecular complexity index is 592. The third kappa shape index (κ3) is 2.65. The Balaban J connectivity index is 2.27. The number of amides is 1. The summed E-state index contributed by atoms with van der Waals surface area (Å²) < 4.78 is 5.30. The molecule has 0 unspecified atom stereocenters. The van der Waals surface area contributed by atoms with Gasteiger partial charge in [-0.25, -0.2) is 0 Å². The number of nitrogens with zero attached hydrogens (tertiary/aromatic N) is 3. The zero-order valence-corrected chi connectivity index (χ0v) is 10.5. The van der Waals surface area contributed by atoms with E-state index >= 15 is 0 Å². The standard InChI is InChI=1S/C12H12N4O3/c1-12(2,14-7-17)9(18)11-16-15-10(19-11)8-4-3-5-13-6-8/h3-7H,1-2H3,(H,14,17). The molecule has 0 spiro atoms. The lowest BCUT2D eigenvalue weighted by molar-refractivity contribution is -0.110. The second-order valence-electron chi connectivity index (χ2n) is 4.37. The molecule has 0 fully saturated rings. The van der Waals surface area contributed by atoms with Crippen LogP contribution in [0.15, 0.2) is 28.9 Å². The molecule has 19 heavy (non-hydrogen) atoms. The average molecular weight is 260 g/mol. The van der Waals surface area contributed by atoms with E-state index in [0.717, 1.165) is 0 Å². The summed E-state index contributed by atoms with van der Waals surface area (Å²) in [4.78, 5) is 26.4. The highest BCUT2D eigenvalue weighted by Gasteiger charge is 2.32. The Hall–Kier alpha value is -2.57. The van der Waals surface area contributed by atoms with Crippen LogP contribution in [-0.4, -0.2) is 32.9 Å². The van der Waals surface area contributed by atoms with E-state index in [-0.39, 0.29) is 11.8 Å². The lowest BCUT2D eigenvalue weighted by atomic mass is 10.00. The van der Waals surface area contributed by atoms with Crippen LogP contribution in [0.1, 0.15) is 24.5 Å². The first-order valence-corrected chi connectivity index (χ1v) is 5.54. The molecular weight excluding hydrogens is 248 g/mol. The minimum Gasteiger partial charge on any atom is -0.413 e. The maximum absolute atomic E-state index is 12.1. The van der Waals surface area contributed by atoms with E-state index in [9.17, 15) is 9.59 Å². The van der Waals surface area contributed by atoms with E-state index in [0.29, 0.717) is 12.0 Å². The summed E-state index contributed by atoms with van der Waals surface area (Å²) in [5, 5.41) is 9.88.